The quantitative estimate of drug-likeness (QED) is 0.902. The molecule has 114 valence electrons. The molecule has 7 heteroatoms. The molecule has 0 radical (unpaired) electrons. The second kappa shape index (κ2) is 5.41. The maximum Gasteiger partial charge on any atom is 0.272 e. The highest BCUT2D eigenvalue weighted by Gasteiger charge is 2.32. The first-order valence-corrected chi connectivity index (χ1v) is 7.32. The number of fused-ring (bicyclic) bond motifs is 1. The summed E-state index contributed by atoms with van der Waals surface area (Å²) in [5, 5.41) is 2.83. The Morgan fingerprint density at radius 3 is 2.73 bits per heavy atom. The van der Waals surface area contributed by atoms with Crippen molar-refractivity contribution in [2.45, 2.75) is 12.8 Å². The molecule has 1 heterocycles. The number of aromatic nitrogens is 1. The van der Waals surface area contributed by atoms with Crippen LogP contribution in [0.1, 0.15) is 32.8 Å². The third kappa shape index (κ3) is 2.30. The number of hydrogen-bond donors (Lipinski definition) is 1. The number of carbonyl (C=O) groups excluding carboxylic acids is 2. The van der Waals surface area contributed by atoms with Crippen molar-refractivity contribution < 1.29 is 14.0 Å². The van der Waals surface area contributed by atoms with Gasteiger partial charge in [-0.2, -0.15) is 0 Å². The van der Waals surface area contributed by atoms with Gasteiger partial charge < -0.3 is 9.88 Å². The average molecular weight is 341 g/mol. The second-order valence-electron chi connectivity index (χ2n) is 5.06. The van der Waals surface area contributed by atoms with Crippen LogP contribution < -0.4 is 5.32 Å². The lowest BCUT2D eigenvalue weighted by Crippen LogP contribution is -2.17. The van der Waals surface area contributed by atoms with E-state index in [1.165, 1.54) is 22.8 Å². The van der Waals surface area contributed by atoms with Gasteiger partial charge in [-0.15, -0.1) is 0 Å². The molecule has 0 aliphatic heterocycles. The van der Waals surface area contributed by atoms with Crippen molar-refractivity contribution in [2.24, 2.45) is 7.05 Å². The minimum Gasteiger partial charge on any atom is -0.330 e. The van der Waals surface area contributed by atoms with Crippen molar-refractivity contribution in [1.29, 1.82) is 0 Å². The fraction of sp³-hybridized carbons (Fsp3) is 0.200. The number of nitrogens with zero attached hydrogens (tertiary/aromatic N) is 1. The molecular formula is C15H11Cl2FN2O2. The number of nitrogens with one attached hydrogen (secondary N) is 1. The van der Waals surface area contributed by atoms with Crippen LogP contribution in [0, 0.1) is 5.82 Å². The summed E-state index contributed by atoms with van der Waals surface area (Å²) in [5.41, 5.74) is 1.78. The van der Waals surface area contributed by atoms with Crippen LogP contribution in [0.5, 0.6) is 0 Å². The normalized spacial score (nSPS) is 13.4. The summed E-state index contributed by atoms with van der Waals surface area (Å²) in [7, 11) is 1.63. The molecule has 0 saturated heterocycles. The summed E-state index contributed by atoms with van der Waals surface area (Å²) in [5.74, 6) is -1.03. The third-order valence-electron chi connectivity index (χ3n) is 3.70. The number of ketones is 1. The van der Waals surface area contributed by atoms with Crippen molar-refractivity contribution in [3.8, 4) is 0 Å². The lowest BCUT2D eigenvalue weighted by Gasteiger charge is -2.09. The molecule has 2 aromatic rings. The highest BCUT2D eigenvalue weighted by atomic mass is 35.5. The maximum absolute atomic E-state index is 13.1. The Hall–Kier alpha value is -1.85. The highest BCUT2D eigenvalue weighted by Crippen LogP contribution is 2.34. The number of amides is 1. The molecule has 1 N–H and O–H groups in total. The van der Waals surface area contributed by atoms with Gasteiger partial charge in [0.25, 0.3) is 5.91 Å². The van der Waals surface area contributed by atoms with Crippen LogP contribution in [0.15, 0.2) is 18.2 Å². The fourth-order valence-electron chi connectivity index (χ4n) is 2.66. The van der Waals surface area contributed by atoms with Crippen molar-refractivity contribution >= 4 is 40.6 Å². The van der Waals surface area contributed by atoms with E-state index in [2.05, 4.69) is 5.32 Å². The van der Waals surface area contributed by atoms with Crippen molar-refractivity contribution in [2.75, 3.05) is 5.32 Å². The van der Waals surface area contributed by atoms with E-state index < -0.39 is 11.7 Å². The fourth-order valence-corrected chi connectivity index (χ4v) is 3.14. The van der Waals surface area contributed by atoms with Crippen molar-refractivity contribution in [3.63, 3.8) is 0 Å². The van der Waals surface area contributed by atoms with E-state index in [0.717, 1.165) is 0 Å². The molecule has 22 heavy (non-hydrogen) atoms. The van der Waals surface area contributed by atoms with Crippen LogP contribution in [0.4, 0.5) is 10.1 Å². The Balaban J connectivity index is 1.96. The van der Waals surface area contributed by atoms with E-state index in [1.54, 1.807) is 7.05 Å². The zero-order valence-electron chi connectivity index (χ0n) is 11.5. The minimum absolute atomic E-state index is 0.0560. The number of anilines is 1. The van der Waals surface area contributed by atoms with E-state index in [9.17, 15) is 14.0 Å². The summed E-state index contributed by atoms with van der Waals surface area (Å²) < 4.78 is 14.6. The number of halogens is 3. The highest BCUT2D eigenvalue weighted by molar-refractivity contribution is 6.34. The second-order valence-corrected chi connectivity index (χ2v) is 5.82. The summed E-state index contributed by atoms with van der Waals surface area (Å²) >= 11 is 11.8. The van der Waals surface area contributed by atoms with Gasteiger partial charge in [-0.25, -0.2) is 4.39 Å². The van der Waals surface area contributed by atoms with Gasteiger partial charge in [-0.05, 0) is 30.2 Å². The molecule has 3 rings (SSSR count). The molecule has 1 aromatic heterocycles. The summed E-state index contributed by atoms with van der Waals surface area (Å²) in [6.45, 7) is 0. The molecule has 1 aromatic carbocycles. The number of rotatable bonds is 2. The SMILES string of the molecule is Cn1c(Cl)c2c(c1C(=O)Nc1ccc(F)c(Cl)c1)CCC2=O. The Morgan fingerprint density at radius 2 is 2.05 bits per heavy atom. The molecule has 0 fully saturated rings. The first-order valence-electron chi connectivity index (χ1n) is 6.56. The lowest BCUT2D eigenvalue weighted by molar-refractivity contribution is 0.0990. The number of benzene rings is 1. The molecule has 0 unspecified atom stereocenters. The van der Waals surface area contributed by atoms with Gasteiger partial charge in [0.1, 0.15) is 16.7 Å². The monoisotopic (exact) mass is 340 g/mol. The van der Waals surface area contributed by atoms with Crippen molar-refractivity contribution in [1.82, 2.24) is 4.57 Å². The Labute approximate surface area is 135 Å². The van der Waals surface area contributed by atoms with Gasteiger partial charge >= 0.3 is 0 Å². The van der Waals surface area contributed by atoms with Crippen molar-refractivity contribution in [3.05, 3.63) is 51.0 Å². The zero-order chi connectivity index (χ0) is 16.0. The first-order chi connectivity index (χ1) is 10.4. The first kappa shape index (κ1) is 15.1. The molecule has 4 nitrogen and oxygen atoms in total. The van der Waals surface area contributed by atoms with Gasteiger partial charge in [0.05, 0.1) is 10.6 Å². The van der Waals surface area contributed by atoms with Gasteiger partial charge in [0.2, 0.25) is 0 Å². The van der Waals surface area contributed by atoms with Gasteiger partial charge in [0.15, 0.2) is 5.78 Å². The molecule has 1 amide bonds. The van der Waals surface area contributed by atoms with E-state index in [4.69, 9.17) is 23.2 Å². The minimum atomic E-state index is -0.562. The molecule has 1 aliphatic rings. The van der Waals surface area contributed by atoms with Crippen LogP contribution >= 0.6 is 23.2 Å². The van der Waals surface area contributed by atoms with Gasteiger partial charge in [-0.3, -0.25) is 9.59 Å². The van der Waals surface area contributed by atoms with Crippen LogP contribution in [0.2, 0.25) is 10.2 Å². The molecule has 0 spiro atoms. The van der Waals surface area contributed by atoms with E-state index in [-0.39, 0.29) is 16.0 Å². The predicted octanol–water partition coefficient (Wildman–Crippen LogP) is 3.85. The van der Waals surface area contributed by atoms with E-state index in [1.807, 2.05) is 0 Å². The molecule has 0 saturated carbocycles. The van der Waals surface area contributed by atoms with Gasteiger partial charge in [-0.1, -0.05) is 23.2 Å². The molecule has 0 atom stereocenters. The van der Waals surface area contributed by atoms with Gasteiger partial charge in [0, 0.05) is 19.2 Å². The largest absolute Gasteiger partial charge is 0.330 e. The Bertz CT molecular complexity index is 814. The lowest BCUT2D eigenvalue weighted by atomic mass is 10.1. The topological polar surface area (TPSA) is 51.1 Å². The van der Waals surface area contributed by atoms with Crippen LogP contribution in [0.25, 0.3) is 0 Å². The van der Waals surface area contributed by atoms with E-state index in [0.29, 0.717) is 35.3 Å². The summed E-state index contributed by atoms with van der Waals surface area (Å²) in [6, 6.07) is 3.91. The van der Waals surface area contributed by atoms with E-state index >= 15 is 0 Å². The Kier molecular flexibility index (Phi) is 3.70. The third-order valence-corrected chi connectivity index (χ3v) is 4.43. The van der Waals surface area contributed by atoms with Crippen LogP contribution in [-0.2, 0) is 13.5 Å². The summed E-state index contributed by atoms with van der Waals surface area (Å²) in [6.07, 6.45) is 0.843. The van der Waals surface area contributed by atoms with Crippen LogP contribution in [-0.4, -0.2) is 16.3 Å². The smallest absolute Gasteiger partial charge is 0.272 e. The molecule has 0 bridgehead atoms. The molecule has 1 aliphatic carbocycles. The standard InChI is InChI=1S/C15H11Cl2FN2O2/c1-20-13(8-3-5-11(21)12(8)14(20)17)15(22)19-7-2-4-10(18)9(16)6-7/h2,4,6H,3,5H2,1H3,(H,19,22). The number of Topliss-reactive ketones (excluding diaryl/α,β-unsaturated/α-hetero) is 1. The summed E-state index contributed by atoms with van der Waals surface area (Å²) in [4.78, 5) is 24.3. The maximum atomic E-state index is 13.1. The van der Waals surface area contributed by atoms with Crippen LogP contribution in [0.3, 0.4) is 0 Å². The number of carbonyl (C=O) groups is 2. The zero-order valence-corrected chi connectivity index (χ0v) is 13.1. The molecular weight excluding hydrogens is 330 g/mol. The Morgan fingerprint density at radius 1 is 1.32 bits per heavy atom. The average Bonchev–Trinajstić information content (AvgIpc) is 2.95. The predicted molar refractivity (Wildman–Crippen MR) is 82.4 cm³/mol. The number of hydrogen-bond acceptors (Lipinski definition) is 2.